The van der Waals surface area contributed by atoms with E-state index < -0.39 is 5.91 Å². The van der Waals surface area contributed by atoms with Gasteiger partial charge in [-0.2, -0.15) is 0 Å². The number of hydrogen-bond donors (Lipinski definition) is 3. The second kappa shape index (κ2) is 6.31. The molecule has 4 N–H and O–H groups in total. The fourth-order valence-electron chi connectivity index (χ4n) is 2.79. The first kappa shape index (κ1) is 17.1. The summed E-state index contributed by atoms with van der Waals surface area (Å²) >= 11 is 0. The highest BCUT2D eigenvalue weighted by Gasteiger charge is 2.29. The predicted molar refractivity (Wildman–Crippen MR) is 96.3 cm³/mol. The van der Waals surface area contributed by atoms with Crippen LogP contribution in [0.2, 0.25) is 0 Å². The maximum absolute atomic E-state index is 11.7. The molecule has 2 heterocycles. The van der Waals surface area contributed by atoms with E-state index in [4.69, 9.17) is 15.9 Å². The third kappa shape index (κ3) is 3.14. The standard InChI is InChI=1S/C19H22N4O2/c1-19(2,3)17(20)16-15(12-7-5-4-6-8-12)21-14-11-13(18(24)22-25)9-10-23(14)16/h4-11,17,25H,20H2,1-3H3,(H,22,24). The molecule has 6 nitrogen and oxygen atoms in total. The van der Waals surface area contributed by atoms with Crippen molar-refractivity contribution in [3.63, 3.8) is 0 Å². The number of nitrogens with one attached hydrogen (secondary N) is 1. The number of benzene rings is 1. The van der Waals surface area contributed by atoms with Gasteiger partial charge in [0.15, 0.2) is 0 Å². The molecule has 6 heteroatoms. The van der Waals surface area contributed by atoms with E-state index in [0.717, 1.165) is 17.0 Å². The summed E-state index contributed by atoms with van der Waals surface area (Å²) in [6.45, 7) is 6.25. The Bertz CT molecular complexity index is 910. The molecule has 3 aromatic rings. The third-order valence-corrected chi connectivity index (χ3v) is 4.30. The van der Waals surface area contributed by atoms with Crippen molar-refractivity contribution >= 4 is 11.6 Å². The van der Waals surface area contributed by atoms with Gasteiger partial charge in [0.05, 0.1) is 17.4 Å². The van der Waals surface area contributed by atoms with Crippen LogP contribution in [0.15, 0.2) is 48.7 Å². The molecule has 0 fully saturated rings. The van der Waals surface area contributed by atoms with Gasteiger partial charge in [-0.05, 0) is 17.5 Å². The largest absolute Gasteiger partial charge is 0.322 e. The lowest BCUT2D eigenvalue weighted by atomic mass is 9.84. The maximum atomic E-state index is 11.7. The van der Waals surface area contributed by atoms with Crippen molar-refractivity contribution in [3.8, 4) is 11.3 Å². The number of carbonyl (C=O) groups excluding carboxylic acids is 1. The first-order chi connectivity index (χ1) is 11.8. The molecule has 0 aliphatic rings. The van der Waals surface area contributed by atoms with E-state index in [1.165, 1.54) is 0 Å². The van der Waals surface area contributed by atoms with Crippen LogP contribution in [-0.4, -0.2) is 20.5 Å². The molecule has 1 atom stereocenters. The number of fused-ring (bicyclic) bond motifs is 1. The first-order valence-electron chi connectivity index (χ1n) is 8.10. The van der Waals surface area contributed by atoms with Crippen molar-refractivity contribution in [3.05, 3.63) is 59.9 Å². The monoisotopic (exact) mass is 338 g/mol. The Morgan fingerprint density at radius 2 is 1.92 bits per heavy atom. The minimum atomic E-state index is -0.576. The second-order valence-corrected chi connectivity index (χ2v) is 7.14. The normalized spacial score (nSPS) is 13.0. The Morgan fingerprint density at radius 3 is 2.52 bits per heavy atom. The van der Waals surface area contributed by atoms with Gasteiger partial charge in [0.1, 0.15) is 5.65 Å². The van der Waals surface area contributed by atoms with E-state index in [1.807, 2.05) is 34.7 Å². The number of rotatable bonds is 3. The van der Waals surface area contributed by atoms with Crippen LogP contribution in [-0.2, 0) is 0 Å². The maximum Gasteiger partial charge on any atom is 0.274 e. The van der Waals surface area contributed by atoms with Crippen molar-refractivity contribution in [1.82, 2.24) is 14.9 Å². The summed E-state index contributed by atoms with van der Waals surface area (Å²) in [5, 5.41) is 8.85. The summed E-state index contributed by atoms with van der Waals surface area (Å²) in [7, 11) is 0. The topological polar surface area (TPSA) is 92.6 Å². The quantitative estimate of drug-likeness (QED) is 0.505. The Labute approximate surface area is 146 Å². The van der Waals surface area contributed by atoms with Gasteiger partial charge in [0.2, 0.25) is 0 Å². The number of nitrogens with two attached hydrogens (primary N) is 1. The van der Waals surface area contributed by atoms with Gasteiger partial charge in [-0.25, -0.2) is 10.5 Å². The van der Waals surface area contributed by atoms with E-state index in [1.54, 1.807) is 23.8 Å². The average Bonchev–Trinajstić information content (AvgIpc) is 2.98. The zero-order chi connectivity index (χ0) is 18.2. The van der Waals surface area contributed by atoms with Gasteiger partial charge in [-0.15, -0.1) is 0 Å². The van der Waals surface area contributed by atoms with Crippen molar-refractivity contribution < 1.29 is 10.0 Å². The Balaban J connectivity index is 2.27. The average molecular weight is 338 g/mol. The lowest BCUT2D eigenvalue weighted by Crippen LogP contribution is -2.28. The molecular weight excluding hydrogens is 316 g/mol. The molecule has 0 saturated carbocycles. The summed E-state index contributed by atoms with van der Waals surface area (Å²) in [5.74, 6) is -0.576. The Hall–Kier alpha value is -2.70. The highest BCUT2D eigenvalue weighted by Crippen LogP contribution is 2.36. The smallest absolute Gasteiger partial charge is 0.274 e. The van der Waals surface area contributed by atoms with Gasteiger partial charge >= 0.3 is 0 Å². The molecule has 3 rings (SSSR count). The number of imidazole rings is 1. The van der Waals surface area contributed by atoms with E-state index in [9.17, 15) is 4.79 Å². The van der Waals surface area contributed by atoms with Gasteiger partial charge in [0, 0.05) is 17.3 Å². The van der Waals surface area contributed by atoms with Crippen LogP contribution in [0.3, 0.4) is 0 Å². The summed E-state index contributed by atoms with van der Waals surface area (Å²) < 4.78 is 1.91. The number of hydroxylamine groups is 1. The fourth-order valence-corrected chi connectivity index (χ4v) is 2.79. The lowest BCUT2D eigenvalue weighted by molar-refractivity contribution is 0.0706. The number of nitrogens with zero attached hydrogens (tertiary/aromatic N) is 2. The second-order valence-electron chi connectivity index (χ2n) is 7.14. The van der Waals surface area contributed by atoms with E-state index >= 15 is 0 Å². The third-order valence-electron chi connectivity index (χ3n) is 4.30. The number of amides is 1. The van der Waals surface area contributed by atoms with Gasteiger partial charge in [-0.3, -0.25) is 10.0 Å². The molecule has 0 spiro atoms. The number of hydrogen-bond acceptors (Lipinski definition) is 4. The summed E-state index contributed by atoms with van der Waals surface area (Å²) in [6, 6.07) is 12.9. The SMILES string of the molecule is CC(C)(C)C(N)c1c(-c2ccccc2)nc2cc(C(=O)NO)ccn12. The molecule has 0 saturated heterocycles. The minimum absolute atomic E-state index is 0.166. The lowest BCUT2D eigenvalue weighted by Gasteiger charge is -2.27. The van der Waals surface area contributed by atoms with Crippen LogP contribution in [0.1, 0.15) is 42.9 Å². The molecule has 130 valence electrons. The molecule has 0 aliphatic heterocycles. The van der Waals surface area contributed by atoms with Crippen molar-refractivity contribution in [2.24, 2.45) is 11.1 Å². The zero-order valence-corrected chi connectivity index (χ0v) is 14.5. The highest BCUT2D eigenvalue weighted by atomic mass is 16.5. The summed E-state index contributed by atoms with van der Waals surface area (Å²) in [6.07, 6.45) is 1.76. The van der Waals surface area contributed by atoms with Crippen LogP contribution < -0.4 is 11.2 Å². The molecular formula is C19H22N4O2. The first-order valence-corrected chi connectivity index (χ1v) is 8.10. The molecule has 25 heavy (non-hydrogen) atoms. The van der Waals surface area contributed by atoms with Crippen LogP contribution in [0.5, 0.6) is 0 Å². The number of pyridine rings is 1. The number of aromatic nitrogens is 2. The summed E-state index contributed by atoms with van der Waals surface area (Å²) in [5.41, 5.74) is 11.6. The molecule has 0 aliphatic carbocycles. The van der Waals surface area contributed by atoms with Crippen LogP contribution in [0.25, 0.3) is 16.9 Å². The van der Waals surface area contributed by atoms with Gasteiger partial charge < -0.3 is 10.1 Å². The van der Waals surface area contributed by atoms with Gasteiger partial charge in [-0.1, -0.05) is 51.1 Å². The summed E-state index contributed by atoms with van der Waals surface area (Å²) in [4.78, 5) is 16.4. The molecule has 0 radical (unpaired) electrons. The number of carbonyl (C=O) groups is 1. The Morgan fingerprint density at radius 1 is 1.24 bits per heavy atom. The van der Waals surface area contributed by atoms with Crippen LogP contribution in [0.4, 0.5) is 0 Å². The predicted octanol–water partition coefficient (Wildman–Crippen LogP) is 3.17. The van der Waals surface area contributed by atoms with Gasteiger partial charge in [0.25, 0.3) is 5.91 Å². The molecule has 1 aromatic carbocycles. The van der Waals surface area contributed by atoms with E-state index in [-0.39, 0.29) is 11.5 Å². The van der Waals surface area contributed by atoms with E-state index in [0.29, 0.717) is 11.2 Å². The fraction of sp³-hybridized carbons (Fsp3) is 0.263. The zero-order valence-electron chi connectivity index (χ0n) is 14.5. The highest BCUT2D eigenvalue weighted by molar-refractivity contribution is 5.94. The van der Waals surface area contributed by atoms with Crippen molar-refractivity contribution in [2.75, 3.05) is 0 Å². The molecule has 1 amide bonds. The van der Waals surface area contributed by atoms with Crippen LogP contribution in [0, 0.1) is 5.41 Å². The van der Waals surface area contributed by atoms with E-state index in [2.05, 4.69) is 20.8 Å². The van der Waals surface area contributed by atoms with Crippen molar-refractivity contribution in [1.29, 1.82) is 0 Å². The Kier molecular flexibility index (Phi) is 4.32. The molecule has 2 aromatic heterocycles. The molecule has 1 unspecified atom stereocenters. The molecule has 0 bridgehead atoms. The van der Waals surface area contributed by atoms with Crippen LogP contribution >= 0.6 is 0 Å². The minimum Gasteiger partial charge on any atom is -0.322 e. The van der Waals surface area contributed by atoms with Crippen molar-refractivity contribution in [2.45, 2.75) is 26.8 Å².